The summed E-state index contributed by atoms with van der Waals surface area (Å²) >= 11 is 5.75. The first-order valence-electron chi connectivity index (χ1n) is 4.05. The summed E-state index contributed by atoms with van der Waals surface area (Å²) in [5.41, 5.74) is 1.32. The molecule has 1 N–H and O–H groups in total. The highest BCUT2D eigenvalue weighted by Crippen LogP contribution is 2.09. The lowest BCUT2D eigenvalue weighted by atomic mass is 10.2. The van der Waals surface area contributed by atoms with Crippen LogP contribution in [-0.4, -0.2) is 5.27 Å². The zero-order chi connectivity index (χ0) is 9.97. The molecule has 2 rings (SSSR count). The van der Waals surface area contributed by atoms with Gasteiger partial charge in [-0.25, -0.2) is 4.79 Å². The maximum Gasteiger partial charge on any atom is 0.427 e. The van der Waals surface area contributed by atoms with Crippen molar-refractivity contribution < 1.29 is 9.20 Å². The number of hydrogen-bond acceptors (Lipinski definition) is 2. The molecule has 14 heavy (non-hydrogen) atoms. The zero-order valence-corrected chi connectivity index (χ0v) is 7.99. The molecule has 0 aliphatic rings. The molecular formula is C9H8ClN2O2+. The largest absolute Gasteiger partial charge is 0.427 e. The van der Waals surface area contributed by atoms with E-state index in [9.17, 15) is 4.79 Å². The number of aromatic nitrogens is 2. The number of alkyl halides is 1. The molecular weight excluding hydrogens is 204 g/mol. The van der Waals surface area contributed by atoms with Gasteiger partial charge in [-0.05, 0) is 9.95 Å². The summed E-state index contributed by atoms with van der Waals surface area (Å²) in [5.74, 6) is 0.385. The van der Waals surface area contributed by atoms with Gasteiger partial charge in [-0.3, -0.25) is 4.52 Å². The van der Waals surface area contributed by atoms with E-state index in [1.165, 1.54) is 10.9 Å². The maximum absolute atomic E-state index is 10.8. The van der Waals surface area contributed by atoms with Crippen LogP contribution in [0.1, 0.15) is 5.56 Å². The lowest BCUT2D eigenvalue weighted by Crippen LogP contribution is -2.33. The van der Waals surface area contributed by atoms with Crippen LogP contribution in [-0.2, 0) is 5.88 Å². The predicted octanol–water partition coefficient (Wildman–Crippen LogP) is 0.983. The van der Waals surface area contributed by atoms with Gasteiger partial charge in [0.05, 0.1) is 5.88 Å². The van der Waals surface area contributed by atoms with Crippen LogP contribution >= 0.6 is 11.6 Å². The van der Waals surface area contributed by atoms with Gasteiger partial charge >= 0.3 is 5.63 Å². The van der Waals surface area contributed by atoms with E-state index < -0.39 is 5.63 Å². The zero-order valence-electron chi connectivity index (χ0n) is 7.24. The molecule has 4 nitrogen and oxygen atoms in total. The van der Waals surface area contributed by atoms with E-state index >= 15 is 0 Å². The molecule has 0 spiro atoms. The second-order valence-electron chi connectivity index (χ2n) is 2.77. The van der Waals surface area contributed by atoms with Gasteiger partial charge in [-0.1, -0.05) is 18.2 Å². The minimum absolute atomic E-state index is 0.385. The second-order valence-corrected chi connectivity index (χ2v) is 3.04. The van der Waals surface area contributed by atoms with Crippen LogP contribution < -0.4 is 10.3 Å². The third-order valence-corrected chi connectivity index (χ3v) is 2.16. The molecule has 0 fully saturated rings. The summed E-state index contributed by atoms with van der Waals surface area (Å²) in [4.78, 5) is 10.8. The van der Waals surface area contributed by atoms with Crippen LogP contribution in [0.25, 0.3) is 5.69 Å². The standard InChI is InChI=1S/C9H7ClN2O2/c10-5-7-3-1-2-4-8(7)12-6-9(13)14-11-12/h1-4,6H,5H2/p+1. The molecule has 0 saturated heterocycles. The number of para-hydroxylation sites is 1. The van der Waals surface area contributed by atoms with E-state index in [-0.39, 0.29) is 0 Å². The summed E-state index contributed by atoms with van der Waals surface area (Å²) in [6.45, 7) is 0. The highest BCUT2D eigenvalue weighted by atomic mass is 35.5. The fourth-order valence-corrected chi connectivity index (χ4v) is 1.46. The van der Waals surface area contributed by atoms with Crippen molar-refractivity contribution in [1.29, 1.82) is 0 Å². The van der Waals surface area contributed by atoms with Gasteiger partial charge < -0.3 is 0 Å². The SMILES string of the molecule is O=c1c[n+](-c2ccccc2CCl)[nH]o1. The Bertz CT molecular complexity index is 489. The van der Waals surface area contributed by atoms with Gasteiger partial charge in [0.2, 0.25) is 5.69 Å². The number of H-pyrrole nitrogens is 1. The van der Waals surface area contributed by atoms with Crippen LogP contribution in [0, 0.1) is 0 Å². The van der Waals surface area contributed by atoms with Crippen molar-refractivity contribution in [3.05, 3.63) is 46.4 Å². The Morgan fingerprint density at radius 1 is 1.43 bits per heavy atom. The number of aromatic amines is 1. The van der Waals surface area contributed by atoms with E-state index in [4.69, 9.17) is 11.6 Å². The summed E-state index contributed by atoms with van der Waals surface area (Å²) in [6, 6.07) is 7.49. The van der Waals surface area contributed by atoms with Crippen molar-refractivity contribution in [2.45, 2.75) is 5.88 Å². The van der Waals surface area contributed by atoms with Crippen LogP contribution in [0.4, 0.5) is 0 Å². The molecule has 1 aromatic carbocycles. The molecule has 0 saturated carbocycles. The van der Waals surface area contributed by atoms with E-state index in [0.717, 1.165) is 11.3 Å². The van der Waals surface area contributed by atoms with Crippen molar-refractivity contribution in [3.63, 3.8) is 0 Å². The smallest absolute Gasteiger partial charge is 0.283 e. The molecule has 0 amide bonds. The van der Waals surface area contributed by atoms with E-state index in [1.54, 1.807) is 0 Å². The first-order chi connectivity index (χ1) is 6.81. The molecule has 1 aromatic heterocycles. The Morgan fingerprint density at radius 3 is 2.86 bits per heavy atom. The average molecular weight is 212 g/mol. The molecule has 0 radical (unpaired) electrons. The van der Waals surface area contributed by atoms with Crippen molar-refractivity contribution >= 4 is 11.6 Å². The lowest BCUT2D eigenvalue weighted by molar-refractivity contribution is -0.670. The molecule has 0 aliphatic carbocycles. The van der Waals surface area contributed by atoms with Crippen LogP contribution in [0.5, 0.6) is 0 Å². The van der Waals surface area contributed by atoms with E-state index in [1.807, 2.05) is 24.3 Å². The number of rotatable bonds is 2. The van der Waals surface area contributed by atoms with Gasteiger partial charge in [0, 0.05) is 11.6 Å². The number of benzene rings is 1. The highest BCUT2D eigenvalue weighted by molar-refractivity contribution is 6.17. The second kappa shape index (κ2) is 3.67. The first-order valence-corrected chi connectivity index (χ1v) is 4.59. The minimum Gasteiger partial charge on any atom is -0.283 e. The van der Waals surface area contributed by atoms with Crippen molar-refractivity contribution in [1.82, 2.24) is 5.27 Å². The summed E-state index contributed by atoms with van der Waals surface area (Å²) in [6.07, 6.45) is 1.32. The van der Waals surface area contributed by atoms with Crippen LogP contribution in [0.15, 0.2) is 39.8 Å². The van der Waals surface area contributed by atoms with Crippen molar-refractivity contribution in [2.75, 3.05) is 0 Å². The Kier molecular flexibility index (Phi) is 2.37. The Hall–Kier alpha value is -1.55. The Labute approximate surface area is 84.7 Å². The third-order valence-electron chi connectivity index (χ3n) is 1.87. The van der Waals surface area contributed by atoms with Crippen molar-refractivity contribution in [2.24, 2.45) is 0 Å². The Morgan fingerprint density at radius 2 is 2.21 bits per heavy atom. The number of nitrogens with one attached hydrogen (secondary N) is 1. The first kappa shape index (κ1) is 9.02. The van der Waals surface area contributed by atoms with Gasteiger partial charge in [0.25, 0.3) is 6.20 Å². The van der Waals surface area contributed by atoms with Crippen molar-refractivity contribution in [3.8, 4) is 5.69 Å². The molecule has 2 aromatic rings. The number of hydrogen-bond donors (Lipinski definition) is 1. The third kappa shape index (κ3) is 1.56. The van der Waals surface area contributed by atoms with Gasteiger partial charge in [-0.2, -0.15) is 0 Å². The molecule has 0 unspecified atom stereocenters. The van der Waals surface area contributed by atoms with Crippen LogP contribution in [0.2, 0.25) is 0 Å². The lowest BCUT2D eigenvalue weighted by Gasteiger charge is -1.95. The fourth-order valence-electron chi connectivity index (χ4n) is 1.23. The molecule has 72 valence electrons. The minimum atomic E-state index is -0.422. The molecule has 1 heterocycles. The topological polar surface area (TPSA) is 49.9 Å². The highest BCUT2D eigenvalue weighted by Gasteiger charge is 2.14. The number of nitrogens with zero attached hydrogens (tertiary/aromatic N) is 1. The normalized spacial score (nSPS) is 10.4. The average Bonchev–Trinajstić information content (AvgIpc) is 2.65. The molecule has 0 bridgehead atoms. The molecule has 0 aliphatic heterocycles. The quantitative estimate of drug-likeness (QED) is 0.595. The van der Waals surface area contributed by atoms with Gasteiger partial charge in [0.1, 0.15) is 0 Å². The number of halogens is 1. The fraction of sp³-hybridized carbons (Fsp3) is 0.111. The molecule has 5 heteroatoms. The Balaban J connectivity index is 2.55. The van der Waals surface area contributed by atoms with E-state index in [0.29, 0.717) is 5.88 Å². The summed E-state index contributed by atoms with van der Waals surface area (Å²) in [5, 5.41) is 2.47. The van der Waals surface area contributed by atoms with E-state index in [2.05, 4.69) is 9.79 Å². The summed E-state index contributed by atoms with van der Waals surface area (Å²) in [7, 11) is 0. The summed E-state index contributed by atoms with van der Waals surface area (Å²) < 4.78 is 6.06. The van der Waals surface area contributed by atoms with Gasteiger partial charge in [0.15, 0.2) is 0 Å². The van der Waals surface area contributed by atoms with Gasteiger partial charge in [-0.15, -0.1) is 11.6 Å². The monoisotopic (exact) mass is 211 g/mol. The van der Waals surface area contributed by atoms with Crippen LogP contribution in [0.3, 0.4) is 0 Å². The maximum atomic E-state index is 10.8. The molecule has 0 atom stereocenters. The predicted molar refractivity (Wildman–Crippen MR) is 50.4 cm³/mol.